The third kappa shape index (κ3) is 3.30. The molecular weight excluding hydrogens is 361 g/mol. The van der Waals surface area contributed by atoms with Gasteiger partial charge in [0, 0.05) is 6.08 Å². The van der Waals surface area contributed by atoms with Gasteiger partial charge in [-0.2, -0.15) is 0 Å². The van der Waals surface area contributed by atoms with E-state index in [9.17, 15) is 4.79 Å². The van der Waals surface area contributed by atoms with Crippen LogP contribution in [0.2, 0.25) is 0 Å². The normalized spacial score (nSPS) is 20.0. The summed E-state index contributed by atoms with van der Waals surface area (Å²) in [6.07, 6.45) is 4.77. The molecule has 1 fully saturated rings. The highest BCUT2D eigenvalue weighted by molar-refractivity contribution is 7.67. The number of nitrogens with two attached hydrogens (primary N) is 1. The maximum Gasteiger partial charge on any atom is 0.241 e. The van der Waals surface area contributed by atoms with Crippen molar-refractivity contribution < 1.29 is 4.79 Å². The Morgan fingerprint density at radius 1 is 0.821 bits per heavy atom. The topological polar surface area (TPSA) is 43.1 Å². The van der Waals surface area contributed by atoms with Crippen LogP contribution in [-0.4, -0.2) is 12.1 Å². The van der Waals surface area contributed by atoms with Gasteiger partial charge in [0.2, 0.25) is 5.91 Å². The fourth-order valence-corrected chi connectivity index (χ4v) is 7.87. The number of rotatable bonds is 4. The molecule has 1 heterocycles. The van der Waals surface area contributed by atoms with Crippen molar-refractivity contribution in [3.05, 3.63) is 114 Å². The Balaban J connectivity index is 2.07. The standard InChI is InChI=1S/C25H24NOP/c26-24(27)19-22-15-10-18-28(23-16-8-3-9-17-23)25(22,20-11-4-1-5-12-20)21-13-6-2-7-14-21/h1-9,11-14,16-17,19H,10,15,18H2,(H2,26,27). The van der Waals surface area contributed by atoms with Crippen molar-refractivity contribution in [2.75, 3.05) is 6.16 Å². The molecule has 0 aromatic heterocycles. The Morgan fingerprint density at radius 3 is 1.82 bits per heavy atom. The molecular formula is C25H24NOP. The number of allylic oxidation sites excluding steroid dienone is 1. The molecule has 3 aromatic rings. The van der Waals surface area contributed by atoms with Gasteiger partial charge in [0.1, 0.15) is 0 Å². The molecule has 1 unspecified atom stereocenters. The maximum atomic E-state index is 12.0. The Bertz CT molecular complexity index is 928. The molecule has 3 aromatic carbocycles. The number of carbonyl (C=O) groups is 1. The highest BCUT2D eigenvalue weighted by atomic mass is 31.1. The van der Waals surface area contributed by atoms with E-state index in [0.29, 0.717) is 0 Å². The fraction of sp³-hybridized carbons (Fsp3) is 0.160. The molecule has 0 spiro atoms. The lowest BCUT2D eigenvalue weighted by molar-refractivity contribution is -0.113. The van der Waals surface area contributed by atoms with Crippen molar-refractivity contribution in [2.45, 2.75) is 18.0 Å². The SMILES string of the molecule is NC(=O)C=C1CCCP(c2ccccc2)C1(c1ccccc1)c1ccccc1. The maximum absolute atomic E-state index is 12.0. The predicted octanol–water partition coefficient (Wildman–Crippen LogP) is 4.94. The van der Waals surface area contributed by atoms with Gasteiger partial charge in [0.15, 0.2) is 0 Å². The summed E-state index contributed by atoms with van der Waals surface area (Å²) in [5.74, 6) is -0.365. The summed E-state index contributed by atoms with van der Waals surface area (Å²) in [4.78, 5) is 12.0. The minimum absolute atomic E-state index is 0.341. The summed E-state index contributed by atoms with van der Waals surface area (Å²) in [6, 6.07) is 32.0. The van der Waals surface area contributed by atoms with Gasteiger partial charge in [-0.3, -0.25) is 4.79 Å². The van der Waals surface area contributed by atoms with Crippen LogP contribution >= 0.6 is 7.92 Å². The Morgan fingerprint density at radius 2 is 1.32 bits per heavy atom. The molecule has 0 aliphatic carbocycles. The van der Waals surface area contributed by atoms with Crippen LogP contribution in [0.15, 0.2) is 103 Å². The minimum atomic E-state index is -0.613. The Hall–Kier alpha value is -2.70. The molecule has 3 heteroatoms. The quantitative estimate of drug-likeness (QED) is 0.502. The van der Waals surface area contributed by atoms with Gasteiger partial charge >= 0.3 is 0 Å². The zero-order valence-electron chi connectivity index (χ0n) is 15.8. The van der Waals surface area contributed by atoms with Crippen molar-refractivity contribution in [3.63, 3.8) is 0 Å². The molecule has 140 valence electrons. The summed E-state index contributed by atoms with van der Waals surface area (Å²) in [7, 11) is -0.613. The monoisotopic (exact) mass is 385 g/mol. The third-order valence-corrected chi connectivity index (χ3v) is 8.76. The molecule has 4 rings (SSSR count). The van der Waals surface area contributed by atoms with E-state index >= 15 is 0 Å². The number of hydrogen-bond acceptors (Lipinski definition) is 1. The number of amides is 1. The number of carbonyl (C=O) groups excluding carboxylic acids is 1. The van der Waals surface area contributed by atoms with Crippen LogP contribution in [-0.2, 0) is 9.95 Å². The second-order valence-corrected chi connectivity index (χ2v) is 9.60. The lowest BCUT2D eigenvalue weighted by atomic mass is 9.81. The smallest absolute Gasteiger partial charge is 0.241 e. The van der Waals surface area contributed by atoms with Crippen molar-refractivity contribution in [1.82, 2.24) is 0 Å². The predicted molar refractivity (Wildman–Crippen MR) is 118 cm³/mol. The van der Waals surface area contributed by atoms with Crippen LogP contribution in [0, 0.1) is 0 Å². The Kier molecular flexibility index (Phi) is 5.41. The van der Waals surface area contributed by atoms with Crippen molar-refractivity contribution in [1.29, 1.82) is 0 Å². The summed E-state index contributed by atoms with van der Waals surface area (Å²) < 4.78 is 0. The molecule has 1 aliphatic rings. The van der Waals surface area contributed by atoms with E-state index in [-0.39, 0.29) is 11.1 Å². The molecule has 0 saturated carbocycles. The third-order valence-electron chi connectivity index (χ3n) is 5.46. The zero-order valence-corrected chi connectivity index (χ0v) is 16.7. The molecule has 28 heavy (non-hydrogen) atoms. The van der Waals surface area contributed by atoms with Gasteiger partial charge in [-0.1, -0.05) is 98.9 Å². The van der Waals surface area contributed by atoms with E-state index in [2.05, 4.69) is 78.9 Å². The highest BCUT2D eigenvalue weighted by Crippen LogP contribution is 2.66. The first kappa shape index (κ1) is 18.7. The molecule has 1 aliphatic heterocycles. The highest BCUT2D eigenvalue weighted by Gasteiger charge is 2.47. The van der Waals surface area contributed by atoms with Gasteiger partial charge in [-0.15, -0.1) is 0 Å². The van der Waals surface area contributed by atoms with Crippen LogP contribution in [0.3, 0.4) is 0 Å². The average molecular weight is 385 g/mol. The molecule has 2 N–H and O–H groups in total. The Labute approximate surface area is 167 Å². The first-order valence-corrected chi connectivity index (χ1v) is 11.2. The number of primary amides is 1. The van der Waals surface area contributed by atoms with Crippen LogP contribution < -0.4 is 11.0 Å². The largest absolute Gasteiger partial charge is 0.366 e. The van der Waals surface area contributed by atoms with Gasteiger partial charge in [-0.05, 0) is 41.0 Å². The van der Waals surface area contributed by atoms with E-state index in [1.807, 2.05) is 12.1 Å². The van der Waals surface area contributed by atoms with Gasteiger partial charge in [0.25, 0.3) is 0 Å². The average Bonchev–Trinajstić information content (AvgIpc) is 2.75. The molecule has 1 amide bonds. The lowest BCUT2D eigenvalue weighted by Gasteiger charge is -2.48. The van der Waals surface area contributed by atoms with Crippen molar-refractivity contribution >= 4 is 19.1 Å². The first-order valence-electron chi connectivity index (χ1n) is 9.67. The molecule has 2 nitrogen and oxygen atoms in total. The second kappa shape index (κ2) is 8.12. The summed E-state index contributed by atoms with van der Waals surface area (Å²) in [5.41, 5.74) is 9.29. The van der Waals surface area contributed by atoms with E-state index in [1.54, 1.807) is 6.08 Å². The van der Waals surface area contributed by atoms with Crippen LogP contribution in [0.25, 0.3) is 0 Å². The van der Waals surface area contributed by atoms with Crippen LogP contribution in [0.5, 0.6) is 0 Å². The summed E-state index contributed by atoms with van der Waals surface area (Å²) in [5, 5.41) is 1.02. The van der Waals surface area contributed by atoms with E-state index in [4.69, 9.17) is 5.73 Å². The number of hydrogen-bond donors (Lipinski definition) is 1. The van der Waals surface area contributed by atoms with Crippen LogP contribution in [0.1, 0.15) is 24.0 Å². The van der Waals surface area contributed by atoms with Gasteiger partial charge < -0.3 is 5.73 Å². The minimum Gasteiger partial charge on any atom is -0.366 e. The number of benzene rings is 3. The fourth-order valence-electron chi connectivity index (χ4n) is 4.44. The van der Waals surface area contributed by atoms with Crippen molar-refractivity contribution in [3.8, 4) is 0 Å². The molecule has 0 bridgehead atoms. The molecule has 1 atom stereocenters. The summed E-state index contributed by atoms with van der Waals surface area (Å²) >= 11 is 0. The van der Waals surface area contributed by atoms with E-state index < -0.39 is 7.92 Å². The van der Waals surface area contributed by atoms with E-state index in [1.165, 1.54) is 16.4 Å². The first-order chi connectivity index (χ1) is 13.7. The zero-order chi connectivity index (χ0) is 19.4. The second-order valence-electron chi connectivity index (χ2n) is 7.11. The van der Waals surface area contributed by atoms with Gasteiger partial charge in [-0.25, -0.2) is 0 Å². The van der Waals surface area contributed by atoms with Gasteiger partial charge in [0.05, 0.1) is 5.16 Å². The van der Waals surface area contributed by atoms with Crippen molar-refractivity contribution in [2.24, 2.45) is 5.73 Å². The van der Waals surface area contributed by atoms with Crippen LogP contribution in [0.4, 0.5) is 0 Å². The lowest BCUT2D eigenvalue weighted by Crippen LogP contribution is -2.36. The molecule has 1 saturated heterocycles. The summed E-state index contributed by atoms with van der Waals surface area (Å²) in [6.45, 7) is 0. The molecule has 0 radical (unpaired) electrons. The van der Waals surface area contributed by atoms with E-state index in [0.717, 1.165) is 24.6 Å².